The Kier molecular flexibility index (Phi) is 3.95. The number of para-hydroxylation sites is 1. The molecule has 0 bridgehead atoms. The molecule has 0 saturated carbocycles. The minimum absolute atomic E-state index is 0.0187. The van der Waals surface area contributed by atoms with E-state index >= 15 is 0 Å². The van der Waals surface area contributed by atoms with Crippen LogP contribution in [0.25, 0.3) is 0 Å². The normalized spacial score (nSPS) is 16.8. The highest BCUT2D eigenvalue weighted by Crippen LogP contribution is 2.45. The first kappa shape index (κ1) is 16.3. The van der Waals surface area contributed by atoms with Crippen molar-refractivity contribution in [3.05, 3.63) is 58.1 Å². The van der Waals surface area contributed by atoms with Gasteiger partial charge in [-0.3, -0.25) is 9.59 Å². The average molecular weight is 327 g/mol. The molecule has 1 amide bonds. The first-order chi connectivity index (χ1) is 11.3. The third-order valence-electron chi connectivity index (χ3n) is 4.49. The van der Waals surface area contributed by atoms with E-state index in [1.54, 1.807) is 4.90 Å². The number of anilines is 1. The van der Waals surface area contributed by atoms with Crippen molar-refractivity contribution in [2.75, 3.05) is 18.6 Å². The van der Waals surface area contributed by atoms with E-state index in [0.29, 0.717) is 6.54 Å². The third kappa shape index (κ3) is 2.70. The van der Waals surface area contributed by atoms with Gasteiger partial charge in [0.2, 0.25) is 11.2 Å². The van der Waals surface area contributed by atoms with Crippen molar-refractivity contribution >= 4 is 11.6 Å². The van der Waals surface area contributed by atoms with Gasteiger partial charge in [0, 0.05) is 24.2 Å². The number of carbonyl (C=O) groups excluding carboxylic acids is 1. The molecule has 1 atom stereocenters. The number of carbonyl (C=O) groups is 1. The van der Waals surface area contributed by atoms with E-state index < -0.39 is 0 Å². The van der Waals surface area contributed by atoms with E-state index in [2.05, 4.69) is 26.8 Å². The van der Waals surface area contributed by atoms with E-state index in [1.807, 2.05) is 18.2 Å². The number of benzene rings is 1. The molecule has 24 heavy (non-hydrogen) atoms. The lowest BCUT2D eigenvalue weighted by Gasteiger charge is -2.27. The minimum Gasteiger partial charge on any atom is -0.490 e. The van der Waals surface area contributed by atoms with Crippen molar-refractivity contribution in [2.24, 2.45) is 5.41 Å². The Labute approximate surface area is 140 Å². The van der Waals surface area contributed by atoms with E-state index in [1.165, 1.54) is 19.4 Å². The number of hydrogen-bond acceptors (Lipinski definition) is 4. The van der Waals surface area contributed by atoms with Crippen LogP contribution in [0.3, 0.4) is 0 Å². The highest BCUT2D eigenvalue weighted by molar-refractivity contribution is 6.05. The molecule has 5 nitrogen and oxygen atoms in total. The molecule has 0 saturated heterocycles. The first-order valence-electron chi connectivity index (χ1n) is 7.90. The minimum atomic E-state index is -0.369. The van der Waals surface area contributed by atoms with Gasteiger partial charge in [0.25, 0.3) is 5.91 Å². The summed E-state index contributed by atoms with van der Waals surface area (Å²) in [6.07, 6.45) is 1.18. The van der Waals surface area contributed by atoms with Gasteiger partial charge in [-0.15, -0.1) is 0 Å². The Morgan fingerprint density at radius 2 is 2.00 bits per heavy atom. The molecule has 5 heteroatoms. The SMILES string of the molecule is COc1coc(C(=O)N2C[C@H](C(C)(C)C)c3ccccc32)cc1=O. The largest absolute Gasteiger partial charge is 0.490 e. The molecular weight excluding hydrogens is 306 g/mol. The molecule has 1 aromatic carbocycles. The van der Waals surface area contributed by atoms with Crippen molar-refractivity contribution in [2.45, 2.75) is 26.7 Å². The molecule has 1 aliphatic rings. The summed E-state index contributed by atoms with van der Waals surface area (Å²) in [5.41, 5.74) is 1.67. The molecular formula is C19H21NO4. The predicted octanol–water partition coefficient (Wildman–Crippen LogP) is 3.44. The van der Waals surface area contributed by atoms with Crippen molar-refractivity contribution < 1.29 is 13.9 Å². The highest BCUT2D eigenvalue weighted by atomic mass is 16.5. The van der Waals surface area contributed by atoms with Gasteiger partial charge in [0.05, 0.1) is 7.11 Å². The van der Waals surface area contributed by atoms with Crippen molar-refractivity contribution in [3.8, 4) is 5.75 Å². The molecule has 0 radical (unpaired) electrons. The summed E-state index contributed by atoms with van der Waals surface area (Å²) in [6.45, 7) is 7.05. The van der Waals surface area contributed by atoms with Gasteiger partial charge in [0.15, 0.2) is 5.76 Å². The summed E-state index contributed by atoms with van der Waals surface area (Å²) >= 11 is 0. The molecule has 3 rings (SSSR count). The summed E-state index contributed by atoms with van der Waals surface area (Å²) in [5.74, 6) is 0.0164. The summed E-state index contributed by atoms with van der Waals surface area (Å²) in [6, 6.07) is 9.07. The maximum Gasteiger partial charge on any atom is 0.294 e. The second-order valence-electron chi connectivity index (χ2n) is 7.07. The molecule has 0 unspecified atom stereocenters. The standard InChI is InChI=1S/C19H21NO4/c1-19(2,3)13-10-20(14-8-6-5-7-12(13)14)18(22)16-9-15(21)17(23-4)11-24-16/h5-9,11,13H,10H2,1-4H3/t13-/m0/s1. The number of ether oxygens (including phenoxy) is 1. The van der Waals surface area contributed by atoms with Crippen LogP contribution in [0.1, 0.15) is 42.8 Å². The summed E-state index contributed by atoms with van der Waals surface area (Å²) in [4.78, 5) is 26.5. The van der Waals surface area contributed by atoms with E-state index in [4.69, 9.17) is 9.15 Å². The summed E-state index contributed by atoms with van der Waals surface area (Å²) in [5, 5.41) is 0. The van der Waals surface area contributed by atoms with Gasteiger partial charge < -0.3 is 14.1 Å². The number of rotatable bonds is 2. The van der Waals surface area contributed by atoms with E-state index in [0.717, 1.165) is 11.3 Å². The molecule has 126 valence electrons. The summed E-state index contributed by atoms with van der Waals surface area (Å²) < 4.78 is 10.2. The average Bonchev–Trinajstić information content (AvgIpc) is 2.94. The van der Waals surface area contributed by atoms with Crippen LogP contribution in [0.4, 0.5) is 5.69 Å². The lowest BCUT2D eigenvalue weighted by molar-refractivity contribution is 0.0956. The first-order valence-corrected chi connectivity index (χ1v) is 7.90. The molecule has 0 aliphatic carbocycles. The molecule has 0 fully saturated rings. The topological polar surface area (TPSA) is 59.8 Å². The lowest BCUT2D eigenvalue weighted by atomic mass is 9.78. The molecule has 0 N–H and O–H groups in total. The zero-order chi connectivity index (χ0) is 17.5. The smallest absolute Gasteiger partial charge is 0.294 e. The van der Waals surface area contributed by atoms with Crippen LogP contribution in [-0.4, -0.2) is 19.6 Å². The fourth-order valence-electron chi connectivity index (χ4n) is 3.13. The lowest BCUT2D eigenvalue weighted by Crippen LogP contribution is -2.32. The Balaban J connectivity index is 2.00. The van der Waals surface area contributed by atoms with Gasteiger partial charge in [-0.05, 0) is 17.0 Å². The number of methoxy groups -OCH3 is 1. The highest BCUT2D eigenvalue weighted by Gasteiger charge is 2.39. The maximum absolute atomic E-state index is 12.9. The van der Waals surface area contributed by atoms with Gasteiger partial charge in [-0.25, -0.2) is 0 Å². The monoisotopic (exact) mass is 327 g/mol. The Bertz CT molecular complexity index is 832. The quantitative estimate of drug-likeness (QED) is 0.848. The van der Waals surface area contributed by atoms with Gasteiger partial charge in [-0.1, -0.05) is 39.0 Å². The zero-order valence-corrected chi connectivity index (χ0v) is 14.3. The fourth-order valence-corrected chi connectivity index (χ4v) is 3.13. The van der Waals surface area contributed by atoms with Crippen LogP contribution in [0.2, 0.25) is 0 Å². The molecule has 2 aromatic rings. The molecule has 0 spiro atoms. The summed E-state index contributed by atoms with van der Waals surface area (Å²) in [7, 11) is 1.39. The zero-order valence-electron chi connectivity index (χ0n) is 14.3. The Morgan fingerprint density at radius 3 is 2.62 bits per heavy atom. The Hall–Kier alpha value is -2.56. The van der Waals surface area contributed by atoms with E-state index in [-0.39, 0.29) is 34.2 Å². The Morgan fingerprint density at radius 1 is 1.29 bits per heavy atom. The van der Waals surface area contributed by atoms with E-state index in [9.17, 15) is 9.59 Å². The van der Waals surface area contributed by atoms with Gasteiger partial charge in [-0.2, -0.15) is 0 Å². The third-order valence-corrected chi connectivity index (χ3v) is 4.49. The number of hydrogen-bond donors (Lipinski definition) is 0. The van der Waals surface area contributed by atoms with Gasteiger partial charge >= 0.3 is 0 Å². The van der Waals surface area contributed by atoms with Crippen LogP contribution in [-0.2, 0) is 0 Å². The number of amides is 1. The van der Waals surface area contributed by atoms with Gasteiger partial charge in [0.1, 0.15) is 6.26 Å². The molecule has 2 heterocycles. The van der Waals surface area contributed by atoms with Crippen LogP contribution in [0.5, 0.6) is 5.75 Å². The van der Waals surface area contributed by atoms with Crippen molar-refractivity contribution in [3.63, 3.8) is 0 Å². The second kappa shape index (κ2) is 5.82. The fraction of sp³-hybridized carbons (Fsp3) is 0.368. The predicted molar refractivity (Wildman–Crippen MR) is 91.8 cm³/mol. The van der Waals surface area contributed by atoms with Crippen LogP contribution < -0.4 is 15.1 Å². The molecule has 1 aromatic heterocycles. The second-order valence-corrected chi connectivity index (χ2v) is 7.07. The van der Waals surface area contributed by atoms with Crippen LogP contribution in [0, 0.1) is 5.41 Å². The van der Waals surface area contributed by atoms with Crippen molar-refractivity contribution in [1.82, 2.24) is 0 Å². The maximum atomic E-state index is 12.9. The number of nitrogens with zero attached hydrogens (tertiary/aromatic N) is 1. The van der Waals surface area contributed by atoms with Crippen molar-refractivity contribution in [1.29, 1.82) is 0 Å². The van der Waals surface area contributed by atoms with Crippen LogP contribution >= 0.6 is 0 Å². The number of fused-ring (bicyclic) bond motifs is 1. The van der Waals surface area contributed by atoms with Crippen LogP contribution in [0.15, 0.2) is 45.8 Å². The molecule has 1 aliphatic heterocycles.